The summed E-state index contributed by atoms with van der Waals surface area (Å²) >= 11 is 0. The van der Waals surface area contributed by atoms with Crippen LogP contribution in [0, 0.1) is 0 Å². The minimum absolute atomic E-state index is 0.0806. The third-order valence-corrected chi connectivity index (χ3v) is 4.05. The molecule has 0 saturated carbocycles. The molecule has 1 heterocycles. The van der Waals surface area contributed by atoms with Gasteiger partial charge >= 0.3 is 6.09 Å². The van der Waals surface area contributed by atoms with E-state index < -0.39 is 5.60 Å². The van der Waals surface area contributed by atoms with Crippen molar-refractivity contribution >= 4 is 6.09 Å². The molecule has 5 heteroatoms. The highest BCUT2D eigenvalue weighted by Gasteiger charge is 2.33. The molecule has 138 valence electrons. The number of benzene rings is 1. The van der Waals surface area contributed by atoms with Gasteiger partial charge in [-0.3, -0.25) is 0 Å². The van der Waals surface area contributed by atoms with E-state index >= 15 is 0 Å². The van der Waals surface area contributed by atoms with Gasteiger partial charge < -0.3 is 19.7 Å². The molecular weight excluding hydrogens is 316 g/mol. The molecule has 2 atom stereocenters. The SMILES string of the molecule is C=CCOC1CN(C(=O)OC(C)(C)C)CCC1NCc1ccccc1. The zero-order valence-electron chi connectivity index (χ0n) is 15.5. The van der Waals surface area contributed by atoms with Gasteiger partial charge in [-0.15, -0.1) is 6.58 Å². The molecule has 1 aromatic carbocycles. The predicted octanol–water partition coefficient (Wildman–Crippen LogP) is 3.36. The Bertz CT molecular complexity index is 554. The van der Waals surface area contributed by atoms with Gasteiger partial charge in [0.15, 0.2) is 0 Å². The van der Waals surface area contributed by atoms with Crippen molar-refractivity contribution in [1.82, 2.24) is 10.2 Å². The summed E-state index contributed by atoms with van der Waals surface area (Å²) in [5.74, 6) is 0. The Morgan fingerprint density at radius 1 is 1.36 bits per heavy atom. The maximum Gasteiger partial charge on any atom is 0.410 e. The van der Waals surface area contributed by atoms with Crippen LogP contribution in [0.15, 0.2) is 43.0 Å². The van der Waals surface area contributed by atoms with Crippen LogP contribution in [0.2, 0.25) is 0 Å². The van der Waals surface area contributed by atoms with E-state index in [-0.39, 0.29) is 18.2 Å². The number of nitrogens with one attached hydrogen (secondary N) is 1. The zero-order valence-corrected chi connectivity index (χ0v) is 15.5. The van der Waals surface area contributed by atoms with E-state index in [0.29, 0.717) is 19.7 Å². The van der Waals surface area contributed by atoms with Crippen molar-refractivity contribution in [2.75, 3.05) is 19.7 Å². The number of rotatable bonds is 6. The number of carbonyl (C=O) groups excluding carboxylic acids is 1. The Labute approximate surface area is 151 Å². The standard InChI is InChI=1S/C20H30N2O3/c1-5-13-24-18-15-22(19(23)25-20(2,3)4)12-11-17(18)21-14-16-9-7-6-8-10-16/h5-10,17-18,21H,1,11-15H2,2-4H3. The maximum absolute atomic E-state index is 12.3. The number of hydrogen-bond acceptors (Lipinski definition) is 4. The van der Waals surface area contributed by atoms with Crippen molar-refractivity contribution in [2.24, 2.45) is 0 Å². The van der Waals surface area contributed by atoms with E-state index in [1.54, 1.807) is 11.0 Å². The van der Waals surface area contributed by atoms with Crippen LogP contribution >= 0.6 is 0 Å². The van der Waals surface area contributed by atoms with Gasteiger partial charge in [0.05, 0.1) is 19.3 Å². The maximum atomic E-state index is 12.3. The van der Waals surface area contributed by atoms with Crippen molar-refractivity contribution in [3.05, 3.63) is 48.6 Å². The fraction of sp³-hybridized carbons (Fsp3) is 0.550. The van der Waals surface area contributed by atoms with E-state index in [9.17, 15) is 4.79 Å². The monoisotopic (exact) mass is 346 g/mol. The summed E-state index contributed by atoms with van der Waals surface area (Å²) in [6.07, 6.45) is 2.21. The fourth-order valence-electron chi connectivity index (χ4n) is 2.85. The van der Waals surface area contributed by atoms with Gasteiger partial charge in [0.2, 0.25) is 0 Å². The Morgan fingerprint density at radius 2 is 2.08 bits per heavy atom. The van der Waals surface area contributed by atoms with Crippen LogP contribution in [0.4, 0.5) is 4.79 Å². The molecule has 0 bridgehead atoms. The Kier molecular flexibility index (Phi) is 7.02. The first kappa shape index (κ1) is 19.5. The Hall–Kier alpha value is -1.85. The second-order valence-corrected chi connectivity index (χ2v) is 7.35. The smallest absolute Gasteiger partial charge is 0.410 e. The summed E-state index contributed by atoms with van der Waals surface area (Å²) in [6.45, 7) is 11.8. The molecule has 1 saturated heterocycles. The van der Waals surface area contributed by atoms with Crippen molar-refractivity contribution in [3.63, 3.8) is 0 Å². The quantitative estimate of drug-likeness (QED) is 0.803. The minimum atomic E-state index is -0.489. The van der Waals surface area contributed by atoms with Crippen LogP contribution in [0.5, 0.6) is 0 Å². The van der Waals surface area contributed by atoms with Crippen molar-refractivity contribution in [1.29, 1.82) is 0 Å². The van der Waals surface area contributed by atoms with Gasteiger partial charge in [0.1, 0.15) is 5.60 Å². The number of hydrogen-bond donors (Lipinski definition) is 1. The molecule has 2 rings (SSSR count). The molecule has 1 fully saturated rings. The summed E-state index contributed by atoms with van der Waals surface area (Å²) in [6, 6.07) is 10.5. The van der Waals surface area contributed by atoms with Crippen molar-refractivity contribution < 1.29 is 14.3 Å². The highest BCUT2D eigenvalue weighted by atomic mass is 16.6. The van der Waals surface area contributed by atoms with E-state index in [1.807, 2.05) is 39.0 Å². The third-order valence-electron chi connectivity index (χ3n) is 4.05. The first-order valence-electron chi connectivity index (χ1n) is 8.87. The molecule has 1 N–H and O–H groups in total. The summed E-state index contributed by atoms with van der Waals surface area (Å²) in [4.78, 5) is 14.1. The molecule has 0 aliphatic carbocycles. The summed E-state index contributed by atoms with van der Waals surface area (Å²) in [5.41, 5.74) is 0.747. The molecule has 25 heavy (non-hydrogen) atoms. The zero-order chi connectivity index (χ0) is 18.3. The summed E-state index contributed by atoms with van der Waals surface area (Å²) in [7, 11) is 0. The lowest BCUT2D eigenvalue weighted by molar-refractivity contribution is -0.0272. The number of carbonyl (C=O) groups is 1. The molecule has 5 nitrogen and oxygen atoms in total. The Morgan fingerprint density at radius 3 is 2.72 bits per heavy atom. The average Bonchev–Trinajstić information content (AvgIpc) is 2.58. The van der Waals surface area contributed by atoms with Crippen LogP contribution < -0.4 is 5.32 Å². The third kappa shape index (κ3) is 6.52. The molecule has 1 aliphatic rings. The number of piperidine rings is 1. The topological polar surface area (TPSA) is 50.8 Å². The van der Waals surface area contributed by atoms with Gasteiger partial charge in [-0.1, -0.05) is 36.4 Å². The van der Waals surface area contributed by atoms with E-state index in [1.165, 1.54) is 5.56 Å². The van der Waals surface area contributed by atoms with Crippen LogP contribution in [0.25, 0.3) is 0 Å². The van der Waals surface area contributed by atoms with Gasteiger partial charge in [-0.25, -0.2) is 4.79 Å². The molecule has 0 radical (unpaired) electrons. The highest BCUT2D eigenvalue weighted by Crippen LogP contribution is 2.18. The molecule has 1 aliphatic heterocycles. The highest BCUT2D eigenvalue weighted by molar-refractivity contribution is 5.68. The molecule has 2 unspecified atom stereocenters. The van der Waals surface area contributed by atoms with Gasteiger partial charge in [-0.2, -0.15) is 0 Å². The van der Waals surface area contributed by atoms with Crippen LogP contribution in [-0.4, -0.2) is 48.4 Å². The van der Waals surface area contributed by atoms with Crippen LogP contribution in [-0.2, 0) is 16.0 Å². The van der Waals surface area contributed by atoms with E-state index in [0.717, 1.165) is 13.0 Å². The minimum Gasteiger partial charge on any atom is -0.444 e. The first-order chi connectivity index (χ1) is 11.9. The Balaban J connectivity index is 1.94. The predicted molar refractivity (Wildman–Crippen MR) is 99.4 cm³/mol. The van der Waals surface area contributed by atoms with Crippen LogP contribution in [0.3, 0.4) is 0 Å². The fourth-order valence-corrected chi connectivity index (χ4v) is 2.85. The summed E-state index contributed by atoms with van der Waals surface area (Å²) < 4.78 is 11.4. The molecule has 0 aromatic heterocycles. The molecular formula is C20H30N2O3. The van der Waals surface area contributed by atoms with E-state index in [2.05, 4.69) is 24.0 Å². The normalized spacial score (nSPS) is 21.0. The lowest BCUT2D eigenvalue weighted by atomic mass is 10.0. The lowest BCUT2D eigenvalue weighted by Crippen LogP contribution is -2.55. The average molecular weight is 346 g/mol. The lowest BCUT2D eigenvalue weighted by Gasteiger charge is -2.39. The largest absolute Gasteiger partial charge is 0.444 e. The molecule has 1 amide bonds. The van der Waals surface area contributed by atoms with Crippen LogP contribution in [0.1, 0.15) is 32.8 Å². The first-order valence-corrected chi connectivity index (χ1v) is 8.87. The van der Waals surface area contributed by atoms with Gasteiger partial charge in [-0.05, 0) is 32.8 Å². The number of amides is 1. The second kappa shape index (κ2) is 9.02. The number of nitrogens with zero attached hydrogens (tertiary/aromatic N) is 1. The van der Waals surface area contributed by atoms with Crippen molar-refractivity contribution in [3.8, 4) is 0 Å². The van der Waals surface area contributed by atoms with Gasteiger partial charge in [0.25, 0.3) is 0 Å². The number of ether oxygens (including phenoxy) is 2. The molecule has 0 spiro atoms. The number of likely N-dealkylation sites (tertiary alicyclic amines) is 1. The van der Waals surface area contributed by atoms with Crippen molar-refractivity contribution in [2.45, 2.75) is 51.5 Å². The second-order valence-electron chi connectivity index (χ2n) is 7.35. The van der Waals surface area contributed by atoms with E-state index in [4.69, 9.17) is 9.47 Å². The molecule has 1 aromatic rings. The summed E-state index contributed by atoms with van der Waals surface area (Å²) in [5, 5.41) is 3.57. The van der Waals surface area contributed by atoms with Gasteiger partial charge in [0, 0.05) is 19.1 Å².